The number of halogens is 1. The zero-order chi connectivity index (χ0) is 20.5. The fourth-order valence-electron chi connectivity index (χ4n) is 4.61. The minimum atomic E-state index is -0.0238. The highest BCUT2D eigenvalue weighted by atomic mass is 35.5. The van der Waals surface area contributed by atoms with Gasteiger partial charge in [-0.2, -0.15) is 0 Å². The molecule has 3 fully saturated rings. The van der Waals surface area contributed by atoms with E-state index in [2.05, 4.69) is 20.4 Å². The van der Waals surface area contributed by atoms with E-state index in [-0.39, 0.29) is 11.9 Å². The van der Waals surface area contributed by atoms with E-state index in [1.54, 1.807) is 0 Å². The SMILES string of the molecule is O=C([C@@H]1C[C@H](N2CCC(c3nnc(-c4ccc(Cl)cc4)o3)CC2)CN1)N1CCSC1. The van der Waals surface area contributed by atoms with E-state index in [0.29, 0.717) is 22.9 Å². The molecule has 4 heterocycles. The summed E-state index contributed by atoms with van der Waals surface area (Å²) in [5.74, 6) is 3.75. The number of nitrogens with one attached hydrogen (secondary N) is 1. The van der Waals surface area contributed by atoms with Gasteiger partial charge < -0.3 is 14.6 Å². The van der Waals surface area contributed by atoms with Crippen LogP contribution in [0.3, 0.4) is 0 Å². The lowest BCUT2D eigenvalue weighted by Crippen LogP contribution is -2.42. The van der Waals surface area contributed by atoms with E-state index in [9.17, 15) is 4.79 Å². The second-order valence-corrected chi connectivity index (χ2v) is 9.76. The summed E-state index contributed by atoms with van der Waals surface area (Å²) in [5, 5.41) is 12.7. The first kappa shape index (κ1) is 20.3. The van der Waals surface area contributed by atoms with Crippen molar-refractivity contribution in [3.05, 3.63) is 35.2 Å². The molecule has 160 valence electrons. The Bertz CT molecular complexity index is 878. The number of hydrogen-bond donors (Lipinski definition) is 1. The fourth-order valence-corrected chi connectivity index (χ4v) is 5.69. The van der Waals surface area contributed by atoms with Gasteiger partial charge in [0.25, 0.3) is 0 Å². The number of amides is 1. The number of aromatic nitrogens is 2. The van der Waals surface area contributed by atoms with Gasteiger partial charge in [0, 0.05) is 41.4 Å². The van der Waals surface area contributed by atoms with Crippen molar-refractivity contribution in [1.29, 1.82) is 0 Å². The van der Waals surface area contributed by atoms with Gasteiger partial charge in [-0.05, 0) is 56.6 Å². The van der Waals surface area contributed by atoms with Crippen LogP contribution < -0.4 is 5.32 Å². The molecule has 0 radical (unpaired) electrons. The molecular formula is C21H26ClN5O2S. The van der Waals surface area contributed by atoms with Crippen molar-refractivity contribution in [2.45, 2.75) is 37.3 Å². The zero-order valence-electron chi connectivity index (χ0n) is 16.8. The standard InChI is InChI=1S/C21H26ClN5O2S/c22-16-3-1-14(2-4-16)19-24-25-20(29-19)15-5-7-26(8-6-15)17-11-18(23-12-17)21(28)27-9-10-30-13-27/h1-4,15,17-18,23H,5-13H2/t17-,18-/m0/s1. The third-order valence-corrected chi connectivity index (χ3v) is 7.61. The molecule has 2 aromatic rings. The largest absolute Gasteiger partial charge is 0.420 e. The number of benzene rings is 1. The summed E-state index contributed by atoms with van der Waals surface area (Å²) in [6.45, 7) is 3.77. The number of hydrogen-bond acceptors (Lipinski definition) is 7. The number of rotatable bonds is 4. The second kappa shape index (κ2) is 8.86. The van der Waals surface area contributed by atoms with Crippen LogP contribution >= 0.6 is 23.4 Å². The summed E-state index contributed by atoms with van der Waals surface area (Å²) in [6.07, 6.45) is 2.91. The second-order valence-electron chi connectivity index (χ2n) is 8.25. The molecule has 7 nitrogen and oxygen atoms in total. The van der Waals surface area contributed by atoms with Crippen molar-refractivity contribution in [2.24, 2.45) is 0 Å². The van der Waals surface area contributed by atoms with Gasteiger partial charge in [0.15, 0.2) is 0 Å². The predicted octanol–water partition coefficient (Wildman–Crippen LogP) is 2.83. The van der Waals surface area contributed by atoms with Gasteiger partial charge in [-0.25, -0.2) is 0 Å². The van der Waals surface area contributed by atoms with Crippen LogP contribution in [-0.4, -0.2) is 75.8 Å². The smallest absolute Gasteiger partial charge is 0.247 e. The number of nitrogens with zero attached hydrogens (tertiary/aromatic N) is 4. The van der Waals surface area contributed by atoms with Crippen molar-refractivity contribution in [1.82, 2.24) is 25.3 Å². The summed E-state index contributed by atoms with van der Waals surface area (Å²) in [5.41, 5.74) is 0.889. The number of carbonyl (C=O) groups excluding carboxylic acids is 1. The molecule has 30 heavy (non-hydrogen) atoms. The van der Waals surface area contributed by atoms with Crippen molar-refractivity contribution in [3.63, 3.8) is 0 Å². The van der Waals surface area contributed by atoms with Crippen molar-refractivity contribution in [3.8, 4) is 11.5 Å². The first-order chi connectivity index (χ1) is 14.7. The quantitative estimate of drug-likeness (QED) is 0.772. The molecule has 0 unspecified atom stereocenters. The fraction of sp³-hybridized carbons (Fsp3) is 0.571. The molecule has 3 aliphatic rings. The van der Waals surface area contributed by atoms with Crippen LogP contribution in [-0.2, 0) is 4.79 Å². The van der Waals surface area contributed by atoms with E-state index in [1.165, 1.54) is 0 Å². The Balaban J connectivity index is 1.14. The third-order valence-electron chi connectivity index (χ3n) is 6.40. The van der Waals surface area contributed by atoms with Gasteiger partial charge in [-0.3, -0.25) is 9.69 Å². The molecule has 5 rings (SSSR count). The number of likely N-dealkylation sites (tertiary alicyclic amines) is 1. The molecule has 0 spiro atoms. The van der Waals surface area contributed by atoms with Gasteiger partial charge in [-0.15, -0.1) is 22.0 Å². The molecule has 0 aliphatic carbocycles. The maximum Gasteiger partial charge on any atom is 0.247 e. The highest BCUT2D eigenvalue weighted by molar-refractivity contribution is 7.99. The Morgan fingerprint density at radius 2 is 1.97 bits per heavy atom. The number of piperidine rings is 1. The summed E-state index contributed by atoms with van der Waals surface area (Å²) >= 11 is 7.79. The van der Waals surface area contributed by atoms with Crippen LogP contribution in [0, 0.1) is 0 Å². The molecule has 1 amide bonds. The van der Waals surface area contributed by atoms with E-state index >= 15 is 0 Å². The summed E-state index contributed by atoms with van der Waals surface area (Å²) in [6, 6.07) is 7.86. The van der Waals surface area contributed by atoms with Crippen molar-refractivity contribution >= 4 is 29.3 Å². The Morgan fingerprint density at radius 3 is 2.70 bits per heavy atom. The van der Waals surface area contributed by atoms with Gasteiger partial charge >= 0.3 is 0 Å². The Kier molecular flexibility index (Phi) is 6.00. The summed E-state index contributed by atoms with van der Waals surface area (Å²) < 4.78 is 5.97. The average Bonchev–Trinajstić information content (AvgIpc) is 3.56. The number of carbonyl (C=O) groups is 1. The van der Waals surface area contributed by atoms with Gasteiger partial charge in [-0.1, -0.05) is 11.6 Å². The molecule has 1 aromatic heterocycles. The Labute approximate surface area is 185 Å². The minimum absolute atomic E-state index is 0.0238. The van der Waals surface area contributed by atoms with Crippen LogP contribution in [0.2, 0.25) is 5.02 Å². The topological polar surface area (TPSA) is 74.5 Å². The maximum atomic E-state index is 12.6. The lowest BCUT2D eigenvalue weighted by Gasteiger charge is -2.34. The predicted molar refractivity (Wildman–Crippen MR) is 118 cm³/mol. The van der Waals surface area contributed by atoms with E-state index in [0.717, 1.165) is 68.5 Å². The van der Waals surface area contributed by atoms with Crippen molar-refractivity contribution in [2.75, 3.05) is 37.8 Å². The molecular weight excluding hydrogens is 422 g/mol. The molecule has 9 heteroatoms. The third kappa shape index (κ3) is 4.23. The summed E-state index contributed by atoms with van der Waals surface area (Å²) in [7, 11) is 0. The first-order valence-corrected chi connectivity index (χ1v) is 12.1. The maximum absolute atomic E-state index is 12.6. The van der Waals surface area contributed by atoms with E-state index in [4.69, 9.17) is 16.0 Å². The Morgan fingerprint density at radius 1 is 1.17 bits per heavy atom. The summed E-state index contributed by atoms with van der Waals surface area (Å²) in [4.78, 5) is 17.2. The van der Waals surface area contributed by atoms with Crippen LogP contribution in [0.1, 0.15) is 31.1 Å². The first-order valence-electron chi connectivity index (χ1n) is 10.6. The molecule has 1 N–H and O–H groups in total. The Hall–Kier alpha value is -1.61. The van der Waals surface area contributed by atoms with Gasteiger partial charge in [0.2, 0.25) is 17.7 Å². The highest BCUT2D eigenvalue weighted by Gasteiger charge is 2.37. The molecule has 3 saturated heterocycles. The van der Waals surface area contributed by atoms with Crippen LogP contribution in [0.15, 0.2) is 28.7 Å². The normalized spacial score (nSPS) is 25.8. The van der Waals surface area contributed by atoms with E-state index < -0.39 is 0 Å². The monoisotopic (exact) mass is 447 g/mol. The van der Waals surface area contributed by atoms with Crippen LogP contribution in [0.5, 0.6) is 0 Å². The van der Waals surface area contributed by atoms with Crippen molar-refractivity contribution < 1.29 is 9.21 Å². The average molecular weight is 448 g/mol. The molecule has 1 aromatic carbocycles. The zero-order valence-corrected chi connectivity index (χ0v) is 18.4. The molecule has 3 aliphatic heterocycles. The lowest BCUT2D eigenvalue weighted by molar-refractivity contribution is -0.131. The van der Waals surface area contributed by atoms with E-state index in [1.807, 2.05) is 40.9 Å². The van der Waals surface area contributed by atoms with Crippen LogP contribution in [0.25, 0.3) is 11.5 Å². The highest BCUT2D eigenvalue weighted by Crippen LogP contribution is 2.31. The van der Waals surface area contributed by atoms with Gasteiger partial charge in [0.05, 0.1) is 11.9 Å². The number of thioether (sulfide) groups is 1. The van der Waals surface area contributed by atoms with Crippen LogP contribution in [0.4, 0.5) is 0 Å². The van der Waals surface area contributed by atoms with Gasteiger partial charge in [0.1, 0.15) is 0 Å². The molecule has 0 bridgehead atoms. The molecule has 2 atom stereocenters. The minimum Gasteiger partial charge on any atom is -0.420 e. The lowest BCUT2D eigenvalue weighted by atomic mass is 9.95. The molecule has 0 saturated carbocycles.